The molecule has 5 nitrogen and oxygen atoms in total. The van der Waals surface area contributed by atoms with E-state index in [4.69, 9.17) is 4.74 Å². The van der Waals surface area contributed by atoms with Crippen LogP contribution in [0.15, 0.2) is 42.5 Å². The molecule has 5 heteroatoms. The predicted molar refractivity (Wildman–Crippen MR) is 85.7 cm³/mol. The standard InChI is InChI=1S/C18H19NO4/c1-3-9-23-14-6-4-5-13(11-14)17(20)19-16-8-7-12(2)10-15(16)18(21)22/h4-8,10-11H,3,9H2,1-2H3,(H,19,20)(H,21,22)/p-1. The minimum Gasteiger partial charge on any atom is -0.545 e. The summed E-state index contributed by atoms with van der Waals surface area (Å²) in [4.78, 5) is 23.5. The smallest absolute Gasteiger partial charge is 0.255 e. The van der Waals surface area contributed by atoms with Gasteiger partial charge >= 0.3 is 0 Å². The summed E-state index contributed by atoms with van der Waals surface area (Å²) in [6.07, 6.45) is 0.870. The van der Waals surface area contributed by atoms with Crippen LogP contribution in [-0.2, 0) is 0 Å². The molecule has 0 atom stereocenters. The molecule has 0 fully saturated rings. The molecule has 0 unspecified atom stereocenters. The molecule has 0 aliphatic heterocycles. The Morgan fingerprint density at radius 2 is 1.96 bits per heavy atom. The van der Waals surface area contributed by atoms with Crippen LogP contribution < -0.4 is 15.2 Å². The highest BCUT2D eigenvalue weighted by Crippen LogP contribution is 2.19. The molecule has 2 rings (SSSR count). The Balaban J connectivity index is 2.21. The van der Waals surface area contributed by atoms with Gasteiger partial charge in [-0.3, -0.25) is 4.79 Å². The summed E-state index contributed by atoms with van der Waals surface area (Å²) >= 11 is 0. The highest BCUT2D eigenvalue weighted by molar-refractivity contribution is 6.07. The molecule has 120 valence electrons. The van der Waals surface area contributed by atoms with Gasteiger partial charge in [0.1, 0.15) is 5.75 Å². The van der Waals surface area contributed by atoms with Crippen LogP contribution in [0.3, 0.4) is 0 Å². The number of ether oxygens (including phenoxy) is 1. The first kappa shape index (κ1) is 16.5. The van der Waals surface area contributed by atoms with Gasteiger partial charge in [-0.25, -0.2) is 0 Å². The lowest BCUT2D eigenvalue weighted by Crippen LogP contribution is -2.25. The Morgan fingerprint density at radius 3 is 2.65 bits per heavy atom. The number of hydrogen-bond acceptors (Lipinski definition) is 4. The number of anilines is 1. The van der Waals surface area contributed by atoms with Crippen molar-refractivity contribution in [3.63, 3.8) is 0 Å². The van der Waals surface area contributed by atoms with Gasteiger partial charge in [-0.2, -0.15) is 0 Å². The number of rotatable bonds is 6. The molecule has 0 saturated carbocycles. The summed E-state index contributed by atoms with van der Waals surface area (Å²) in [6.45, 7) is 4.33. The Morgan fingerprint density at radius 1 is 1.17 bits per heavy atom. The number of nitrogens with one attached hydrogen (secondary N) is 1. The second kappa shape index (κ2) is 7.45. The zero-order chi connectivity index (χ0) is 16.8. The van der Waals surface area contributed by atoms with Gasteiger partial charge in [-0.05, 0) is 43.7 Å². The zero-order valence-electron chi connectivity index (χ0n) is 13.1. The van der Waals surface area contributed by atoms with Crippen molar-refractivity contribution in [3.05, 3.63) is 59.2 Å². The van der Waals surface area contributed by atoms with E-state index in [1.54, 1.807) is 43.3 Å². The van der Waals surface area contributed by atoms with Crippen molar-refractivity contribution in [2.75, 3.05) is 11.9 Å². The monoisotopic (exact) mass is 312 g/mol. The number of carboxylic acids is 1. The van der Waals surface area contributed by atoms with E-state index in [1.807, 2.05) is 6.92 Å². The molecule has 0 bridgehead atoms. The molecule has 2 aromatic carbocycles. The molecule has 0 aliphatic carbocycles. The summed E-state index contributed by atoms with van der Waals surface area (Å²) in [5.74, 6) is -1.13. The third kappa shape index (κ3) is 4.32. The van der Waals surface area contributed by atoms with Crippen LogP contribution >= 0.6 is 0 Å². The predicted octanol–water partition coefficient (Wildman–Crippen LogP) is 2.40. The Hall–Kier alpha value is -2.82. The molecule has 0 saturated heterocycles. The number of amides is 1. The molecular formula is C18H18NO4-. The first-order valence-electron chi connectivity index (χ1n) is 7.37. The van der Waals surface area contributed by atoms with Crippen molar-refractivity contribution in [1.82, 2.24) is 0 Å². The second-order valence-electron chi connectivity index (χ2n) is 5.17. The molecule has 23 heavy (non-hydrogen) atoms. The van der Waals surface area contributed by atoms with Crippen LogP contribution in [0.4, 0.5) is 5.69 Å². The van der Waals surface area contributed by atoms with Gasteiger partial charge in [-0.1, -0.05) is 24.6 Å². The summed E-state index contributed by atoms with van der Waals surface area (Å²) < 4.78 is 5.49. The number of carbonyl (C=O) groups excluding carboxylic acids is 2. The summed E-state index contributed by atoms with van der Waals surface area (Å²) in [7, 11) is 0. The largest absolute Gasteiger partial charge is 0.545 e. The summed E-state index contributed by atoms with van der Waals surface area (Å²) in [5.41, 5.74) is 1.33. The average Bonchev–Trinajstić information content (AvgIpc) is 2.54. The van der Waals surface area contributed by atoms with Crippen molar-refractivity contribution in [3.8, 4) is 5.75 Å². The maximum absolute atomic E-state index is 12.3. The van der Waals surface area contributed by atoms with E-state index in [2.05, 4.69) is 5.32 Å². The highest BCUT2D eigenvalue weighted by atomic mass is 16.5. The SMILES string of the molecule is CCCOc1cccc(C(=O)Nc2ccc(C)cc2C(=O)[O-])c1. The van der Waals surface area contributed by atoms with E-state index in [0.717, 1.165) is 12.0 Å². The molecule has 0 heterocycles. The van der Waals surface area contributed by atoms with Crippen LogP contribution in [0.1, 0.15) is 39.6 Å². The Labute approximate surface area is 134 Å². The van der Waals surface area contributed by atoms with Gasteiger partial charge in [0.25, 0.3) is 5.91 Å². The fourth-order valence-electron chi connectivity index (χ4n) is 2.08. The lowest BCUT2D eigenvalue weighted by Gasteiger charge is -2.13. The van der Waals surface area contributed by atoms with E-state index in [9.17, 15) is 14.7 Å². The van der Waals surface area contributed by atoms with Crippen molar-refractivity contribution < 1.29 is 19.4 Å². The summed E-state index contributed by atoms with van der Waals surface area (Å²) in [5, 5.41) is 13.8. The van der Waals surface area contributed by atoms with Gasteiger partial charge in [0.2, 0.25) is 0 Å². The minimum atomic E-state index is -1.33. The maximum atomic E-state index is 12.3. The minimum absolute atomic E-state index is 0.0447. The molecule has 1 N–H and O–H groups in total. The van der Waals surface area contributed by atoms with Gasteiger partial charge in [0.15, 0.2) is 0 Å². The number of aryl methyl sites for hydroxylation is 1. The maximum Gasteiger partial charge on any atom is 0.255 e. The van der Waals surface area contributed by atoms with E-state index in [0.29, 0.717) is 17.9 Å². The Bertz CT molecular complexity index is 725. The number of hydrogen-bond donors (Lipinski definition) is 1. The highest BCUT2D eigenvalue weighted by Gasteiger charge is 2.11. The molecular weight excluding hydrogens is 294 g/mol. The van der Waals surface area contributed by atoms with Crippen LogP contribution in [0.25, 0.3) is 0 Å². The van der Waals surface area contributed by atoms with Gasteiger partial charge in [0.05, 0.1) is 18.3 Å². The number of carbonyl (C=O) groups is 2. The first-order valence-corrected chi connectivity index (χ1v) is 7.37. The molecule has 0 radical (unpaired) electrons. The molecule has 0 spiro atoms. The number of carboxylic acid groups (broad SMARTS) is 1. The fourth-order valence-corrected chi connectivity index (χ4v) is 2.08. The normalized spacial score (nSPS) is 10.2. The fraction of sp³-hybridized carbons (Fsp3) is 0.222. The van der Waals surface area contributed by atoms with E-state index in [-0.39, 0.29) is 11.3 Å². The zero-order valence-corrected chi connectivity index (χ0v) is 13.1. The van der Waals surface area contributed by atoms with Crippen LogP contribution in [0.2, 0.25) is 0 Å². The van der Waals surface area contributed by atoms with Gasteiger partial charge < -0.3 is 20.0 Å². The van der Waals surface area contributed by atoms with Crippen molar-refractivity contribution in [2.24, 2.45) is 0 Å². The quantitative estimate of drug-likeness (QED) is 0.888. The Kier molecular flexibility index (Phi) is 5.36. The van der Waals surface area contributed by atoms with Crippen LogP contribution in [0, 0.1) is 6.92 Å². The third-order valence-corrected chi connectivity index (χ3v) is 3.21. The van der Waals surface area contributed by atoms with Crippen LogP contribution in [-0.4, -0.2) is 18.5 Å². The second-order valence-corrected chi connectivity index (χ2v) is 5.17. The van der Waals surface area contributed by atoms with Crippen molar-refractivity contribution in [1.29, 1.82) is 0 Å². The van der Waals surface area contributed by atoms with Crippen molar-refractivity contribution in [2.45, 2.75) is 20.3 Å². The molecule has 2 aromatic rings. The first-order chi connectivity index (χ1) is 11.0. The lowest BCUT2D eigenvalue weighted by molar-refractivity contribution is -0.254. The number of benzene rings is 2. The molecule has 1 amide bonds. The van der Waals surface area contributed by atoms with Gasteiger partial charge in [0, 0.05) is 11.1 Å². The molecule has 0 aliphatic rings. The van der Waals surface area contributed by atoms with Gasteiger partial charge in [-0.15, -0.1) is 0 Å². The topological polar surface area (TPSA) is 78.5 Å². The van der Waals surface area contributed by atoms with Crippen LogP contribution in [0.5, 0.6) is 5.75 Å². The number of aromatic carboxylic acids is 1. The average molecular weight is 312 g/mol. The lowest BCUT2D eigenvalue weighted by atomic mass is 10.1. The van der Waals surface area contributed by atoms with E-state index in [1.165, 1.54) is 6.07 Å². The summed E-state index contributed by atoms with van der Waals surface area (Å²) in [6, 6.07) is 11.5. The molecule has 0 aromatic heterocycles. The third-order valence-electron chi connectivity index (χ3n) is 3.21. The van der Waals surface area contributed by atoms with E-state index >= 15 is 0 Å². The van der Waals surface area contributed by atoms with Crippen molar-refractivity contribution >= 4 is 17.6 Å². The van der Waals surface area contributed by atoms with E-state index < -0.39 is 11.9 Å².